The predicted octanol–water partition coefficient (Wildman–Crippen LogP) is 5.15. The predicted molar refractivity (Wildman–Crippen MR) is 110 cm³/mol. The first kappa shape index (κ1) is 21.9. The highest BCUT2D eigenvalue weighted by atomic mass is 32.2. The van der Waals surface area contributed by atoms with Gasteiger partial charge in [0.2, 0.25) is 5.75 Å². The molecule has 0 fully saturated rings. The van der Waals surface area contributed by atoms with Crippen molar-refractivity contribution in [3.63, 3.8) is 0 Å². The molecule has 0 spiro atoms. The van der Waals surface area contributed by atoms with Gasteiger partial charge in [0.15, 0.2) is 16.6 Å². The Bertz CT molecular complexity index is 1450. The molecule has 2 aromatic carbocycles. The first-order valence-corrected chi connectivity index (χ1v) is 11.1. The maximum Gasteiger partial charge on any atom is 0.501 e. The van der Waals surface area contributed by atoms with Gasteiger partial charge in [-0.3, -0.25) is 4.79 Å². The summed E-state index contributed by atoms with van der Waals surface area (Å²) in [5.41, 5.74) is -6.13. The van der Waals surface area contributed by atoms with Crippen molar-refractivity contribution in [2.24, 2.45) is 0 Å². The summed E-state index contributed by atoms with van der Waals surface area (Å²) in [5, 5.41) is -1.12. The SMILES string of the molecule is Cc1cc(=O)c2c(S(=O)(=O)C(F)(F)F)c3ccoc3c(OCCCc3ccccc3)c2o1. The van der Waals surface area contributed by atoms with Crippen LogP contribution in [0.2, 0.25) is 0 Å². The Morgan fingerprint density at radius 3 is 2.47 bits per heavy atom. The Balaban J connectivity index is 1.86. The highest BCUT2D eigenvalue weighted by Gasteiger charge is 2.49. The summed E-state index contributed by atoms with van der Waals surface area (Å²) < 4.78 is 81.5. The van der Waals surface area contributed by atoms with Crippen molar-refractivity contribution in [1.82, 2.24) is 0 Å². The normalized spacial score (nSPS) is 12.5. The summed E-state index contributed by atoms with van der Waals surface area (Å²) in [5.74, 6) is -0.0344. The van der Waals surface area contributed by atoms with Gasteiger partial charge in [0.05, 0.1) is 18.3 Å². The van der Waals surface area contributed by atoms with E-state index in [-0.39, 0.29) is 23.7 Å². The zero-order valence-electron chi connectivity index (χ0n) is 16.7. The van der Waals surface area contributed by atoms with Crippen LogP contribution in [-0.2, 0) is 16.3 Å². The molecule has 4 aromatic rings. The molecule has 0 aliphatic rings. The molecule has 168 valence electrons. The molecule has 0 unspecified atom stereocenters. The van der Waals surface area contributed by atoms with Crippen molar-refractivity contribution in [2.75, 3.05) is 6.61 Å². The lowest BCUT2D eigenvalue weighted by molar-refractivity contribution is -0.0434. The van der Waals surface area contributed by atoms with Crippen molar-refractivity contribution in [1.29, 1.82) is 0 Å². The zero-order valence-corrected chi connectivity index (χ0v) is 17.5. The number of ether oxygens (including phenoxy) is 1. The first-order chi connectivity index (χ1) is 15.1. The van der Waals surface area contributed by atoms with Gasteiger partial charge in [0, 0.05) is 11.5 Å². The van der Waals surface area contributed by atoms with Crippen LogP contribution < -0.4 is 10.2 Å². The van der Waals surface area contributed by atoms with Gasteiger partial charge in [-0.2, -0.15) is 13.2 Å². The average molecular weight is 466 g/mol. The molecule has 0 aliphatic carbocycles. The summed E-state index contributed by atoms with van der Waals surface area (Å²) in [7, 11) is -5.89. The smallest absolute Gasteiger partial charge is 0.486 e. The molecule has 0 radical (unpaired) electrons. The van der Waals surface area contributed by atoms with Crippen molar-refractivity contribution in [3.05, 3.63) is 70.3 Å². The lowest BCUT2D eigenvalue weighted by Crippen LogP contribution is -2.25. The molecular formula is C22H17F3O6S. The standard InChI is InChI=1S/C22H17F3O6S/c1-13-12-16(26)17-19(31-13)20(29-10-5-8-14-6-3-2-4-7-14)18-15(9-11-30-18)21(17)32(27,28)22(23,24)25/h2-4,6-7,9,11-12H,5,8,10H2,1H3. The number of furan rings is 1. The second-order valence-electron chi connectivity index (χ2n) is 7.13. The third kappa shape index (κ3) is 3.75. The Kier molecular flexibility index (Phi) is 5.49. The summed E-state index contributed by atoms with van der Waals surface area (Å²) in [6.07, 6.45) is 2.25. The van der Waals surface area contributed by atoms with Crippen LogP contribution in [0.25, 0.3) is 21.9 Å². The molecule has 2 aromatic heterocycles. The largest absolute Gasteiger partial charge is 0.501 e. The van der Waals surface area contributed by atoms with Crippen molar-refractivity contribution >= 4 is 31.8 Å². The molecule has 6 nitrogen and oxygen atoms in total. The van der Waals surface area contributed by atoms with Crippen molar-refractivity contribution in [2.45, 2.75) is 30.2 Å². The summed E-state index contributed by atoms with van der Waals surface area (Å²) in [6.45, 7) is 1.55. The van der Waals surface area contributed by atoms with Crippen molar-refractivity contribution < 1.29 is 35.2 Å². The van der Waals surface area contributed by atoms with Gasteiger partial charge in [-0.15, -0.1) is 0 Å². The summed E-state index contributed by atoms with van der Waals surface area (Å²) in [4.78, 5) is 11.4. The molecule has 0 aliphatic heterocycles. The van der Waals surface area contributed by atoms with Crippen molar-refractivity contribution in [3.8, 4) is 5.75 Å². The molecule has 4 rings (SSSR count). The van der Waals surface area contributed by atoms with Crippen LogP contribution in [0.3, 0.4) is 0 Å². The van der Waals surface area contributed by atoms with Gasteiger partial charge in [0.25, 0.3) is 9.84 Å². The van der Waals surface area contributed by atoms with Crippen LogP contribution in [0.1, 0.15) is 17.7 Å². The second-order valence-corrected chi connectivity index (χ2v) is 9.01. The summed E-state index contributed by atoms with van der Waals surface area (Å²) in [6, 6.07) is 11.6. The van der Waals surface area contributed by atoms with E-state index < -0.39 is 42.0 Å². The minimum Gasteiger partial charge on any atom is -0.486 e. The van der Waals surface area contributed by atoms with E-state index in [2.05, 4.69) is 0 Å². The lowest BCUT2D eigenvalue weighted by Gasteiger charge is -2.15. The Hall–Kier alpha value is -3.27. The highest BCUT2D eigenvalue weighted by molar-refractivity contribution is 7.92. The van der Waals surface area contributed by atoms with Gasteiger partial charge in [-0.1, -0.05) is 30.3 Å². The third-order valence-corrected chi connectivity index (χ3v) is 6.46. The van der Waals surface area contributed by atoms with Crippen LogP contribution in [-0.4, -0.2) is 20.5 Å². The maximum absolute atomic E-state index is 13.4. The molecule has 2 heterocycles. The average Bonchev–Trinajstić information content (AvgIpc) is 3.19. The van der Waals surface area contributed by atoms with Crippen LogP contribution >= 0.6 is 0 Å². The molecule has 0 saturated carbocycles. The number of benzene rings is 2. The molecule has 0 atom stereocenters. The van der Waals surface area contributed by atoms with E-state index in [1.165, 1.54) is 6.92 Å². The Labute approximate surface area is 180 Å². The van der Waals surface area contributed by atoms with Gasteiger partial charge in [0.1, 0.15) is 10.7 Å². The fraction of sp³-hybridized carbons (Fsp3) is 0.227. The van der Waals surface area contributed by atoms with Gasteiger partial charge >= 0.3 is 5.51 Å². The number of fused-ring (bicyclic) bond motifs is 2. The number of hydrogen-bond donors (Lipinski definition) is 0. The number of alkyl halides is 3. The number of hydrogen-bond acceptors (Lipinski definition) is 6. The third-order valence-electron chi connectivity index (χ3n) is 4.89. The van der Waals surface area contributed by atoms with E-state index in [1.807, 2.05) is 30.3 Å². The van der Waals surface area contributed by atoms with E-state index in [9.17, 15) is 26.4 Å². The minimum absolute atomic E-state index is 0.0814. The topological polar surface area (TPSA) is 86.7 Å². The zero-order chi connectivity index (χ0) is 23.1. The van der Waals surface area contributed by atoms with E-state index in [0.29, 0.717) is 12.8 Å². The van der Waals surface area contributed by atoms with Gasteiger partial charge in [-0.05, 0) is 31.4 Å². The van der Waals surface area contributed by atoms with Gasteiger partial charge < -0.3 is 13.6 Å². The Morgan fingerprint density at radius 1 is 1.06 bits per heavy atom. The van der Waals surface area contributed by atoms with Crippen LogP contribution in [0.4, 0.5) is 13.2 Å². The van der Waals surface area contributed by atoms with E-state index in [1.54, 1.807) is 0 Å². The molecule has 0 N–H and O–H groups in total. The highest BCUT2D eigenvalue weighted by Crippen LogP contribution is 2.44. The maximum atomic E-state index is 13.4. The molecule has 0 saturated heterocycles. The molecule has 0 amide bonds. The van der Waals surface area contributed by atoms with E-state index >= 15 is 0 Å². The number of halogens is 3. The molecular weight excluding hydrogens is 449 g/mol. The fourth-order valence-electron chi connectivity index (χ4n) is 3.51. The molecule has 0 bridgehead atoms. The number of sulfone groups is 1. The molecule has 10 heteroatoms. The van der Waals surface area contributed by atoms with Crippen LogP contribution in [0.5, 0.6) is 5.75 Å². The van der Waals surface area contributed by atoms with E-state index in [0.717, 1.165) is 24.0 Å². The number of aryl methyl sites for hydroxylation is 2. The van der Waals surface area contributed by atoms with Gasteiger partial charge in [-0.25, -0.2) is 8.42 Å². The minimum atomic E-state index is -5.89. The summed E-state index contributed by atoms with van der Waals surface area (Å²) >= 11 is 0. The molecule has 32 heavy (non-hydrogen) atoms. The van der Waals surface area contributed by atoms with Crippen LogP contribution in [0.15, 0.2) is 67.3 Å². The fourth-order valence-corrected chi connectivity index (χ4v) is 4.65. The Morgan fingerprint density at radius 2 is 1.78 bits per heavy atom. The van der Waals surface area contributed by atoms with Crippen LogP contribution in [0, 0.1) is 6.92 Å². The quantitative estimate of drug-likeness (QED) is 0.365. The van der Waals surface area contributed by atoms with E-state index in [4.69, 9.17) is 13.6 Å². The first-order valence-electron chi connectivity index (χ1n) is 9.57. The second kappa shape index (κ2) is 8.01. The lowest BCUT2D eigenvalue weighted by atomic mass is 10.1. The monoisotopic (exact) mass is 466 g/mol. The number of rotatable bonds is 6.